The zero-order chi connectivity index (χ0) is 15.1. The van der Waals surface area contributed by atoms with Crippen LogP contribution in [0.4, 0.5) is 5.69 Å². The first-order valence-corrected chi connectivity index (χ1v) is 7.82. The Labute approximate surface area is 132 Å². The van der Waals surface area contributed by atoms with Crippen LogP contribution >= 0.6 is 11.6 Å². The Balaban J connectivity index is 1.94. The molecule has 2 aromatic rings. The second-order valence-electron chi connectivity index (χ2n) is 5.33. The number of hydrogen-bond donors (Lipinski definition) is 1. The third-order valence-electron chi connectivity index (χ3n) is 3.44. The highest BCUT2D eigenvalue weighted by Crippen LogP contribution is 2.18. The molecule has 0 aliphatic rings. The van der Waals surface area contributed by atoms with E-state index in [-0.39, 0.29) is 0 Å². The summed E-state index contributed by atoms with van der Waals surface area (Å²) in [6.45, 7) is 5.04. The lowest BCUT2D eigenvalue weighted by atomic mass is 10.1. The lowest BCUT2D eigenvalue weighted by Crippen LogP contribution is -2.17. The van der Waals surface area contributed by atoms with E-state index in [1.54, 1.807) is 0 Å². The predicted octanol–water partition coefficient (Wildman–Crippen LogP) is 4.48. The fourth-order valence-electron chi connectivity index (χ4n) is 2.28. The molecule has 2 nitrogen and oxygen atoms in total. The van der Waals surface area contributed by atoms with E-state index in [0.717, 1.165) is 24.7 Å². The van der Waals surface area contributed by atoms with E-state index >= 15 is 0 Å². The van der Waals surface area contributed by atoms with Gasteiger partial charge in [0, 0.05) is 30.8 Å². The molecule has 21 heavy (non-hydrogen) atoms. The molecule has 0 bridgehead atoms. The van der Waals surface area contributed by atoms with Crippen LogP contribution in [0.25, 0.3) is 0 Å². The zero-order valence-electron chi connectivity index (χ0n) is 12.8. The summed E-state index contributed by atoms with van der Waals surface area (Å²) >= 11 is 6.03. The zero-order valence-corrected chi connectivity index (χ0v) is 13.5. The summed E-state index contributed by atoms with van der Waals surface area (Å²) < 4.78 is 0. The first-order chi connectivity index (χ1) is 10.2. The van der Waals surface area contributed by atoms with Gasteiger partial charge < -0.3 is 10.2 Å². The molecule has 0 aliphatic carbocycles. The minimum atomic E-state index is 0.790. The maximum absolute atomic E-state index is 6.03. The molecule has 3 heteroatoms. The summed E-state index contributed by atoms with van der Waals surface area (Å²) in [5.41, 5.74) is 3.76. The molecule has 0 atom stereocenters. The average Bonchev–Trinajstić information content (AvgIpc) is 2.48. The van der Waals surface area contributed by atoms with Gasteiger partial charge >= 0.3 is 0 Å². The Morgan fingerprint density at radius 1 is 1.05 bits per heavy atom. The van der Waals surface area contributed by atoms with Crippen LogP contribution in [-0.4, -0.2) is 13.6 Å². The molecule has 0 saturated heterocycles. The van der Waals surface area contributed by atoms with Gasteiger partial charge in [-0.15, -0.1) is 0 Å². The van der Waals surface area contributed by atoms with Crippen LogP contribution in [0.15, 0.2) is 48.5 Å². The summed E-state index contributed by atoms with van der Waals surface area (Å²) in [5.74, 6) is 0. The van der Waals surface area contributed by atoms with Crippen LogP contribution in [0.3, 0.4) is 0 Å². The molecule has 112 valence electrons. The van der Waals surface area contributed by atoms with Crippen molar-refractivity contribution in [2.75, 3.05) is 18.5 Å². The third-order valence-corrected chi connectivity index (χ3v) is 3.68. The third kappa shape index (κ3) is 5.07. The maximum Gasteiger partial charge on any atom is 0.0426 e. The molecule has 1 N–H and O–H groups in total. The number of nitrogens with zero attached hydrogens (tertiary/aromatic N) is 1. The highest BCUT2D eigenvalue weighted by molar-refractivity contribution is 6.30. The smallest absolute Gasteiger partial charge is 0.0426 e. The Bertz CT molecular complexity index is 551. The highest BCUT2D eigenvalue weighted by Gasteiger charge is 2.03. The number of anilines is 1. The maximum atomic E-state index is 6.03. The monoisotopic (exact) mass is 302 g/mol. The van der Waals surface area contributed by atoms with Gasteiger partial charge in [-0.2, -0.15) is 0 Å². The van der Waals surface area contributed by atoms with E-state index in [1.165, 1.54) is 23.2 Å². The topological polar surface area (TPSA) is 15.3 Å². The second kappa shape index (κ2) is 8.06. The van der Waals surface area contributed by atoms with Crippen molar-refractivity contribution in [3.05, 3.63) is 64.7 Å². The summed E-state index contributed by atoms with van der Waals surface area (Å²) in [6.07, 6.45) is 1.17. The van der Waals surface area contributed by atoms with Crippen molar-refractivity contribution in [3.63, 3.8) is 0 Å². The summed E-state index contributed by atoms with van der Waals surface area (Å²) in [6, 6.07) is 16.7. The summed E-state index contributed by atoms with van der Waals surface area (Å²) in [7, 11) is 2.10. The molecule has 0 aromatic heterocycles. The highest BCUT2D eigenvalue weighted by atomic mass is 35.5. The molecule has 0 fully saturated rings. The molecule has 0 unspecified atom stereocenters. The van der Waals surface area contributed by atoms with Gasteiger partial charge in [0.25, 0.3) is 0 Å². The lowest BCUT2D eigenvalue weighted by molar-refractivity contribution is 0.675. The van der Waals surface area contributed by atoms with Gasteiger partial charge in [-0.05, 0) is 48.4 Å². The Kier molecular flexibility index (Phi) is 6.09. The minimum Gasteiger partial charge on any atom is -0.370 e. The van der Waals surface area contributed by atoms with Crippen LogP contribution < -0.4 is 10.2 Å². The van der Waals surface area contributed by atoms with E-state index in [9.17, 15) is 0 Å². The first kappa shape index (κ1) is 15.9. The van der Waals surface area contributed by atoms with Crippen LogP contribution in [0.5, 0.6) is 0 Å². The van der Waals surface area contributed by atoms with Crippen molar-refractivity contribution in [2.24, 2.45) is 0 Å². The number of halogens is 1. The van der Waals surface area contributed by atoms with Crippen LogP contribution in [-0.2, 0) is 13.1 Å². The van der Waals surface area contributed by atoms with Crippen molar-refractivity contribution in [2.45, 2.75) is 26.4 Å². The molecular weight excluding hydrogens is 280 g/mol. The Morgan fingerprint density at radius 3 is 2.48 bits per heavy atom. The summed E-state index contributed by atoms with van der Waals surface area (Å²) in [5, 5.41) is 4.21. The van der Waals surface area contributed by atoms with Crippen molar-refractivity contribution in [1.29, 1.82) is 0 Å². The molecule has 0 amide bonds. The van der Waals surface area contributed by atoms with Gasteiger partial charge in [0.2, 0.25) is 0 Å². The number of rotatable bonds is 7. The number of nitrogens with one attached hydrogen (secondary N) is 1. The predicted molar refractivity (Wildman–Crippen MR) is 92.0 cm³/mol. The van der Waals surface area contributed by atoms with Gasteiger partial charge in [0.05, 0.1) is 0 Å². The van der Waals surface area contributed by atoms with E-state index in [0.29, 0.717) is 0 Å². The van der Waals surface area contributed by atoms with Gasteiger partial charge in [-0.25, -0.2) is 0 Å². The Morgan fingerprint density at radius 2 is 1.81 bits per heavy atom. The lowest BCUT2D eigenvalue weighted by Gasteiger charge is -2.20. The van der Waals surface area contributed by atoms with E-state index in [2.05, 4.69) is 54.5 Å². The fourth-order valence-corrected chi connectivity index (χ4v) is 2.49. The van der Waals surface area contributed by atoms with E-state index in [4.69, 9.17) is 11.6 Å². The van der Waals surface area contributed by atoms with Gasteiger partial charge in [0.15, 0.2) is 0 Å². The fraction of sp³-hybridized carbons (Fsp3) is 0.333. The minimum absolute atomic E-state index is 0.790. The summed E-state index contributed by atoms with van der Waals surface area (Å²) in [4.78, 5) is 2.23. The van der Waals surface area contributed by atoms with Crippen molar-refractivity contribution >= 4 is 17.3 Å². The Hall–Kier alpha value is -1.51. The van der Waals surface area contributed by atoms with Gasteiger partial charge in [-0.3, -0.25) is 0 Å². The normalized spacial score (nSPS) is 10.6. The van der Waals surface area contributed by atoms with E-state index < -0.39 is 0 Å². The first-order valence-electron chi connectivity index (χ1n) is 7.44. The number of hydrogen-bond acceptors (Lipinski definition) is 2. The second-order valence-corrected chi connectivity index (χ2v) is 5.77. The van der Waals surface area contributed by atoms with Gasteiger partial charge in [0.1, 0.15) is 0 Å². The van der Waals surface area contributed by atoms with Crippen molar-refractivity contribution in [1.82, 2.24) is 5.32 Å². The van der Waals surface area contributed by atoms with Crippen LogP contribution in [0.2, 0.25) is 5.02 Å². The molecule has 2 rings (SSSR count). The average molecular weight is 303 g/mol. The van der Waals surface area contributed by atoms with E-state index in [1.807, 2.05) is 18.2 Å². The molecule has 0 heterocycles. The SMILES string of the molecule is CCCNCc1ccc(N(C)Cc2cccc(Cl)c2)cc1. The molecule has 0 spiro atoms. The quantitative estimate of drug-likeness (QED) is 0.759. The molecule has 0 aliphatic heterocycles. The molecule has 0 radical (unpaired) electrons. The number of benzene rings is 2. The van der Waals surface area contributed by atoms with Gasteiger partial charge in [-0.1, -0.05) is 42.8 Å². The van der Waals surface area contributed by atoms with Crippen LogP contribution in [0, 0.1) is 0 Å². The molecule has 0 saturated carbocycles. The molecule has 2 aromatic carbocycles. The largest absolute Gasteiger partial charge is 0.370 e. The molecular formula is C18H23ClN2. The standard InChI is InChI=1S/C18H23ClN2/c1-3-11-20-13-15-7-9-18(10-8-15)21(2)14-16-5-4-6-17(19)12-16/h4-10,12,20H,3,11,13-14H2,1-2H3. The van der Waals surface area contributed by atoms with Crippen molar-refractivity contribution in [3.8, 4) is 0 Å². The van der Waals surface area contributed by atoms with Crippen molar-refractivity contribution < 1.29 is 0 Å². The van der Waals surface area contributed by atoms with Crippen LogP contribution in [0.1, 0.15) is 24.5 Å².